The van der Waals surface area contributed by atoms with Crippen molar-refractivity contribution in [3.05, 3.63) is 47.6 Å². The Bertz CT molecular complexity index is 1090. The van der Waals surface area contributed by atoms with Crippen LogP contribution in [0.2, 0.25) is 0 Å². The van der Waals surface area contributed by atoms with Crippen molar-refractivity contribution in [1.29, 1.82) is 0 Å². The van der Waals surface area contributed by atoms with Gasteiger partial charge in [0.1, 0.15) is 24.4 Å². The zero-order valence-corrected chi connectivity index (χ0v) is 22.4. The zero-order chi connectivity index (χ0) is 27.8. The summed E-state index contributed by atoms with van der Waals surface area (Å²) in [5.74, 6) is -0.872. The number of ether oxygens (including phenoxy) is 5. The van der Waals surface area contributed by atoms with Crippen molar-refractivity contribution in [3.63, 3.8) is 0 Å². The van der Waals surface area contributed by atoms with Crippen LogP contribution in [0.4, 0.5) is 0 Å². The molecule has 2 saturated heterocycles. The monoisotopic (exact) mass is 546 g/mol. The number of aliphatic hydroxyl groups excluding tert-OH is 3. The van der Waals surface area contributed by atoms with Gasteiger partial charge in [0.05, 0.1) is 44.7 Å². The first kappa shape index (κ1) is 28.2. The van der Waals surface area contributed by atoms with E-state index in [0.29, 0.717) is 38.9 Å². The van der Waals surface area contributed by atoms with E-state index in [1.165, 1.54) is 18.2 Å². The zero-order valence-electron chi connectivity index (χ0n) is 22.4. The van der Waals surface area contributed by atoms with Crippen LogP contribution in [0, 0.1) is 10.8 Å². The third kappa shape index (κ3) is 4.81. The number of aliphatic hydroxyl groups is 3. The molecule has 0 aromatic heterocycles. The lowest BCUT2D eigenvalue weighted by Gasteiger charge is -2.58. The Morgan fingerprint density at radius 3 is 2.72 bits per heavy atom. The Balaban J connectivity index is 1.22. The van der Waals surface area contributed by atoms with Crippen LogP contribution in [-0.4, -0.2) is 96.4 Å². The van der Waals surface area contributed by atoms with Gasteiger partial charge in [-0.05, 0) is 37.3 Å². The normalized spacial score (nSPS) is 38.5. The molecule has 0 amide bonds. The van der Waals surface area contributed by atoms with E-state index >= 15 is 0 Å². The summed E-state index contributed by atoms with van der Waals surface area (Å²) in [7, 11) is 0. The number of carbonyl (C=O) groups is 2. The van der Waals surface area contributed by atoms with Crippen molar-refractivity contribution >= 4 is 11.9 Å². The molecule has 214 valence electrons. The van der Waals surface area contributed by atoms with E-state index in [9.17, 15) is 24.9 Å². The first-order chi connectivity index (χ1) is 18.7. The quantitative estimate of drug-likeness (QED) is 0.114. The molecule has 1 saturated carbocycles. The van der Waals surface area contributed by atoms with Crippen molar-refractivity contribution in [2.45, 2.75) is 75.7 Å². The number of hydrogen-bond donors (Lipinski definition) is 3. The number of epoxide rings is 1. The summed E-state index contributed by atoms with van der Waals surface area (Å²) >= 11 is 0. The summed E-state index contributed by atoms with van der Waals surface area (Å²) in [5, 5.41) is 30.4. The van der Waals surface area contributed by atoms with Crippen LogP contribution in [0.25, 0.3) is 0 Å². The lowest BCUT2D eigenvalue weighted by atomic mass is 9.51. The molecule has 3 N–H and O–H groups in total. The molecular weight excluding hydrogens is 508 g/mol. The highest BCUT2D eigenvalue weighted by molar-refractivity contribution is 5.85. The summed E-state index contributed by atoms with van der Waals surface area (Å²) in [6.07, 6.45) is 9.21. The van der Waals surface area contributed by atoms with Crippen LogP contribution in [0.5, 0.6) is 0 Å². The highest BCUT2D eigenvalue weighted by Gasteiger charge is 2.82. The maximum absolute atomic E-state index is 12.9. The van der Waals surface area contributed by atoms with Crippen molar-refractivity contribution in [2.75, 3.05) is 33.0 Å². The molecule has 2 bridgehead atoms. The van der Waals surface area contributed by atoms with Crippen molar-refractivity contribution in [3.8, 4) is 0 Å². The van der Waals surface area contributed by atoms with Gasteiger partial charge in [-0.25, -0.2) is 9.59 Å². The van der Waals surface area contributed by atoms with Crippen molar-refractivity contribution < 1.29 is 48.6 Å². The molecule has 5 rings (SSSR count). The standard InChI is InChI=1S/C29H38O10/c1-18(32)21(35-10-8-20-12-26(34)36-15-20)5-3-4-6-25(33)39-22-13-24-29(17-37-29)27(22,2)28(16-31)9-7-19(14-30)11-23(28)38-24/h3-6,11-12,18,21-24,30-32H,7-10,13-17H2,1-2H3/b5-3+,6-4+/t18?,21?,22-,23-,24-,27-,28-,29+/m1/s1. The van der Waals surface area contributed by atoms with Gasteiger partial charge in [0.25, 0.3) is 0 Å². The topological polar surface area (TPSA) is 144 Å². The van der Waals surface area contributed by atoms with E-state index in [-0.39, 0.29) is 38.0 Å². The van der Waals surface area contributed by atoms with Gasteiger partial charge in [-0.1, -0.05) is 31.2 Å². The third-order valence-electron chi connectivity index (χ3n) is 9.41. The van der Waals surface area contributed by atoms with E-state index in [1.54, 1.807) is 19.1 Å². The smallest absolute Gasteiger partial charge is 0.331 e. The molecule has 1 spiro atoms. The van der Waals surface area contributed by atoms with E-state index in [0.717, 1.165) is 11.1 Å². The Morgan fingerprint density at radius 2 is 2.08 bits per heavy atom. The fourth-order valence-corrected chi connectivity index (χ4v) is 6.94. The van der Waals surface area contributed by atoms with Gasteiger partial charge in [-0.3, -0.25) is 0 Å². The van der Waals surface area contributed by atoms with Gasteiger partial charge in [-0.15, -0.1) is 0 Å². The number of fused-ring (bicyclic) bond motifs is 2. The van der Waals surface area contributed by atoms with E-state index in [1.807, 2.05) is 13.0 Å². The van der Waals surface area contributed by atoms with Gasteiger partial charge < -0.3 is 39.0 Å². The molecule has 0 aromatic rings. The molecular formula is C29H38O10. The average Bonchev–Trinajstić information content (AvgIpc) is 3.59. The summed E-state index contributed by atoms with van der Waals surface area (Å²) < 4.78 is 29.0. The second-order valence-corrected chi connectivity index (χ2v) is 11.4. The van der Waals surface area contributed by atoms with E-state index in [2.05, 4.69) is 0 Å². The van der Waals surface area contributed by atoms with Crippen molar-refractivity contribution in [1.82, 2.24) is 0 Å². The molecule has 10 heteroatoms. The van der Waals surface area contributed by atoms with Crippen molar-refractivity contribution in [2.24, 2.45) is 10.8 Å². The number of carbonyl (C=O) groups excluding carboxylic acids is 2. The lowest BCUT2D eigenvalue weighted by molar-refractivity contribution is -0.228. The number of hydrogen-bond acceptors (Lipinski definition) is 10. The third-order valence-corrected chi connectivity index (χ3v) is 9.41. The fourth-order valence-electron chi connectivity index (χ4n) is 6.94. The first-order valence-electron chi connectivity index (χ1n) is 13.6. The van der Waals surface area contributed by atoms with Crippen LogP contribution in [0.15, 0.2) is 47.6 Å². The summed E-state index contributed by atoms with van der Waals surface area (Å²) in [4.78, 5) is 24.0. The molecule has 0 radical (unpaired) electrons. The Kier molecular flexibility index (Phi) is 7.89. The second-order valence-electron chi connectivity index (χ2n) is 11.4. The SMILES string of the molecule is CC(O)C(/C=C/C=C/C(=O)O[C@@H]1C[C@H]2O[C@@H]3C=C(CO)CC[C@]3(CO)[C@]1(C)[C@]21CO1)OCCC1=CC(=O)OC1. The molecule has 3 fully saturated rings. The van der Waals surface area contributed by atoms with Gasteiger partial charge in [0.2, 0.25) is 0 Å². The summed E-state index contributed by atoms with van der Waals surface area (Å²) in [6.45, 7) is 4.53. The number of esters is 2. The van der Waals surface area contributed by atoms with Crippen LogP contribution >= 0.6 is 0 Å². The summed E-state index contributed by atoms with van der Waals surface area (Å²) in [6, 6.07) is 0. The maximum atomic E-state index is 12.9. The Morgan fingerprint density at radius 1 is 1.28 bits per heavy atom. The molecule has 3 heterocycles. The minimum absolute atomic E-state index is 0.0455. The fraction of sp³-hybridized carbons (Fsp3) is 0.655. The predicted octanol–water partition coefficient (Wildman–Crippen LogP) is 1.29. The first-order valence-corrected chi connectivity index (χ1v) is 13.6. The molecule has 10 nitrogen and oxygen atoms in total. The molecule has 3 aliphatic heterocycles. The molecule has 39 heavy (non-hydrogen) atoms. The van der Waals surface area contributed by atoms with Gasteiger partial charge in [0.15, 0.2) is 0 Å². The maximum Gasteiger partial charge on any atom is 0.331 e. The number of rotatable bonds is 11. The Labute approximate surface area is 227 Å². The predicted molar refractivity (Wildman–Crippen MR) is 137 cm³/mol. The molecule has 0 aromatic carbocycles. The van der Waals surface area contributed by atoms with Crippen LogP contribution < -0.4 is 0 Å². The minimum Gasteiger partial charge on any atom is -0.458 e. The number of allylic oxidation sites excluding steroid dienone is 2. The van der Waals surface area contributed by atoms with Gasteiger partial charge >= 0.3 is 11.9 Å². The highest BCUT2D eigenvalue weighted by Crippen LogP contribution is 2.71. The molecule has 2 unspecified atom stereocenters. The number of cyclic esters (lactones) is 1. The lowest BCUT2D eigenvalue weighted by Crippen LogP contribution is -2.66. The van der Waals surface area contributed by atoms with Crippen LogP contribution in [-0.2, 0) is 33.3 Å². The molecule has 8 atom stereocenters. The average molecular weight is 547 g/mol. The molecule has 2 aliphatic carbocycles. The molecule has 5 aliphatic rings. The van der Waals surface area contributed by atoms with Crippen LogP contribution in [0.3, 0.4) is 0 Å². The van der Waals surface area contributed by atoms with Gasteiger partial charge in [-0.2, -0.15) is 0 Å². The minimum atomic E-state index is -0.775. The largest absolute Gasteiger partial charge is 0.458 e. The second kappa shape index (κ2) is 10.9. The van der Waals surface area contributed by atoms with Gasteiger partial charge in [0, 0.05) is 29.4 Å². The highest BCUT2D eigenvalue weighted by atomic mass is 16.6. The van der Waals surface area contributed by atoms with E-state index in [4.69, 9.17) is 23.7 Å². The summed E-state index contributed by atoms with van der Waals surface area (Å²) in [5.41, 5.74) is -0.213. The Hall–Kier alpha value is -2.34. The van der Waals surface area contributed by atoms with E-state index < -0.39 is 40.7 Å². The van der Waals surface area contributed by atoms with Crippen LogP contribution in [0.1, 0.15) is 39.5 Å².